The number of aliphatic hydroxyl groups is 1. The van der Waals surface area contributed by atoms with Crippen molar-refractivity contribution in [2.75, 3.05) is 5.75 Å². The minimum Gasteiger partial charge on any atom is -0.369 e. The van der Waals surface area contributed by atoms with Crippen LogP contribution in [0.3, 0.4) is 0 Å². The average molecular weight is 448 g/mol. The molecule has 7 heterocycles. The van der Waals surface area contributed by atoms with Crippen LogP contribution >= 0.6 is 34.4 Å². The van der Waals surface area contributed by atoms with Gasteiger partial charge in [0.1, 0.15) is 5.52 Å². The monoisotopic (exact) mass is 447 g/mol. The summed E-state index contributed by atoms with van der Waals surface area (Å²) in [7, 11) is 0. The molecule has 0 aromatic carbocycles. The number of aromatic nitrogens is 2. The van der Waals surface area contributed by atoms with E-state index in [1.165, 1.54) is 0 Å². The molecule has 0 radical (unpaired) electrons. The van der Waals surface area contributed by atoms with Crippen molar-refractivity contribution in [3.63, 3.8) is 0 Å². The van der Waals surface area contributed by atoms with Crippen LogP contribution < -0.4 is 5.56 Å². The second kappa shape index (κ2) is 5.73. The average Bonchev–Trinajstić information content (AvgIpc) is 3.41. The molecule has 0 saturated heterocycles. The molecule has 1 N–H and O–H groups in total. The molecule has 7 rings (SSSR count). The highest BCUT2D eigenvalue weighted by molar-refractivity contribution is 8.02. The van der Waals surface area contributed by atoms with Gasteiger partial charge in [0.15, 0.2) is 6.23 Å². The van der Waals surface area contributed by atoms with Crippen molar-refractivity contribution in [3.8, 4) is 0 Å². The van der Waals surface area contributed by atoms with Gasteiger partial charge in [0.25, 0.3) is 5.56 Å². The largest absolute Gasteiger partial charge is 0.369 e. The van der Waals surface area contributed by atoms with Gasteiger partial charge in [0.05, 0.1) is 31.0 Å². The summed E-state index contributed by atoms with van der Waals surface area (Å²) in [5.74, 6) is 0.801. The van der Waals surface area contributed by atoms with Gasteiger partial charge in [-0.05, 0) is 35.1 Å². The van der Waals surface area contributed by atoms with Crippen LogP contribution in [0, 0.1) is 0 Å². The van der Waals surface area contributed by atoms with Crippen LogP contribution in [0.4, 0.5) is 0 Å². The van der Waals surface area contributed by atoms with Gasteiger partial charge < -0.3 is 10.0 Å². The summed E-state index contributed by atoms with van der Waals surface area (Å²) in [5, 5.41) is 17.1. The van der Waals surface area contributed by atoms with Crippen LogP contribution in [0.2, 0.25) is 0 Å². The number of hydrogen-bond donors (Lipinski definition) is 1. The predicted octanol–water partition coefficient (Wildman–Crippen LogP) is 5.14. The lowest BCUT2D eigenvalue weighted by Gasteiger charge is -2.36. The Kier molecular flexibility index (Phi) is 3.26. The fraction of sp³-hybridized carbons (Fsp3) is 0.0909. The van der Waals surface area contributed by atoms with E-state index in [4.69, 9.17) is 0 Å². The van der Waals surface area contributed by atoms with Gasteiger partial charge in [0, 0.05) is 34.0 Å². The number of rotatable bonds is 0. The Hall–Kier alpha value is -2.65. The molecule has 8 heteroatoms. The highest BCUT2D eigenvalue weighted by Gasteiger charge is 2.35. The number of pyridine rings is 2. The maximum atomic E-state index is 13.4. The first-order chi connectivity index (χ1) is 14.6. The zero-order chi connectivity index (χ0) is 20.1. The summed E-state index contributed by atoms with van der Waals surface area (Å²) in [5.41, 5.74) is 4.60. The van der Waals surface area contributed by atoms with Crippen LogP contribution in [0.15, 0.2) is 58.3 Å². The predicted molar refractivity (Wildman–Crippen MR) is 126 cm³/mol. The lowest BCUT2D eigenvalue weighted by Crippen LogP contribution is -2.29. The van der Waals surface area contributed by atoms with Crippen molar-refractivity contribution in [1.29, 1.82) is 0 Å². The minimum absolute atomic E-state index is 0.103. The van der Waals surface area contributed by atoms with Gasteiger partial charge in [-0.15, -0.1) is 34.4 Å². The highest BCUT2D eigenvalue weighted by Crippen LogP contribution is 2.51. The summed E-state index contributed by atoms with van der Waals surface area (Å²) >= 11 is 4.99. The molecule has 2 aliphatic heterocycles. The standard InChI is InChI=1S/C22H13N3O2S3/c1-10-2-5-28-6-3-13-19-16-11(21(26)24(10)13)9-23-18-17(16)20(30-19)14-8-15-12(4-7-29-15)25(14)22(18)27/h2-5,7-9,21,26H,1,6H2/b5-2-,13-3-/t21-/m1/s1. The van der Waals surface area contributed by atoms with Crippen LogP contribution in [0.5, 0.6) is 0 Å². The normalized spacial score (nSPS) is 21.9. The quantitative estimate of drug-likeness (QED) is 0.356. The molecule has 5 aromatic heterocycles. The lowest BCUT2D eigenvalue weighted by atomic mass is 9.98. The van der Waals surface area contributed by atoms with Crippen LogP contribution in [0.1, 0.15) is 16.7 Å². The number of thiophene rings is 2. The Bertz CT molecular complexity index is 1670. The van der Waals surface area contributed by atoms with E-state index in [0.717, 1.165) is 58.8 Å². The SMILES string of the molecule is C=C1/C=C\SC/C=C2/c3sc4c5c3c(cnc5c(=O)n3c5ccsc5cc43)[C@@H](O)N12. The zero-order valence-corrected chi connectivity index (χ0v) is 17.9. The fourth-order valence-electron chi connectivity index (χ4n) is 4.60. The molecule has 0 spiro atoms. The van der Waals surface area contributed by atoms with Gasteiger partial charge in [0.2, 0.25) is 0 Å². The first-order valence-electron chi connectivity index (χ1n) is 9.39. The van der Waals surface area contributed by atoms with Crippen molar-refractivity contribution in [3.05, 3.63) is 74.3 Å². The van der Waals surface area contributed by atoms with E-state index in [-0.39, 0.29) is 5.56 Å². The van der Waals surface area contributed by atoms with Crippen LogP contribution in [0.25, 0.3) is 42.4 Å². The smallest absolute Gasteiger partial charge is 0.282 e. The van der Waals surface area contributed by atoms with E-state index in [9.17, 15) is 9.90 Å². The molecule has 0 unspecified atom stereocenters. The second-order valence-electron chi connectivity index (χ2n) is 7.37. The van der Waals surface area contributed by atoms with Crippen molar-refractivity contribution in [2.45, 2.75) is 6.23 Å². The summed E-state index contributed by atoms with van der Waals surface area (Å²) in [6.45, 7) is 4.17. The van der Waals surface area contributed by atoms with E-state index in [1.807, 2.05) is 27.8 Å². The zero-order valence-electron chi connectivity index (χ0n) is 15.5. The topological polar surface area (TPSA) is 57.8 Å². The Labute approximate surface area is 182 Å². The third-order valence-electron chi connectivity index (χ3n) is 5.88. The van der Waals surface area contributed by atoms with Crippen LogP contribution in [-0.2, 0) is 0 Å². The lowest BCUT2D eigenvalue weighted by molar-refractivity contribution is 0.0691. The number of fused-ring (bicyclic) bond motifs is 6. The van der Waals surface area contributed by atoms with E-state index in [1.54, 1.807) is 45.0 Å². The number of aliphatic hydroxyl groups excluding tert-OH is 1. The molecule has 5 nitrogen and oxygen atoms in total. The third-order valence-corrected chi connectivity index (χ3v) is 8.66. The molecule has 0 aliphatic carbocycles. The summed E-state index contributed by atoms with van der Waals surface area (Å²) in [6.07, 6.45) is 4.83. The van der Waals surface area contributed by atoms with Gasteiger partial charge in [-0.1, -0.05) is 6.58 Å². The Morgan fingerprint density at radius 1 is 1.27 bits per heavy atom. The van der Waals surface area contributed by atoms with Gasteiger partial charge in [-0.25, -0.2) is 4.98 Å². The van der Waals surface area contributed by atoms with Crippen molar-refractivity contribution in [2.24, 2.45) is 0 Å². The number of thioether (sulfide) groups is 1. The first kappa shape index (κ1) is 17.1. The molecule has 146 valence electrons. The minimum atomic E-state index is -0.889. The van der Waals surface area contributed by atoms with Crippen molar-refractivity contribution < 1.29 is 5.11 Å². The van der Waals surface area contributed by atoms with Gasteiger partial charge >= 0.3 is 0 Å². The Morgan fingerprint density at radius 2 is 2.17 bits per heavy atom. The first-order valence-corrected chi connectivity index (χ1v) is 12.1. The third kappa shape index (κ3) is 1.93. The maximum absolute atomic E-state index is 13.4. The van der Waals surface area contributed by atoms with E-state index in [0.29, 0.717) is 5.52 Å². The molecule has 5 aromatic rings. The molecule has 30 heavy (non-hydrogen) atoms. The molecule has 0 bridgehead atoms. The van der Waals surface area contributed by atoms with Crippen LogP contribution in [-0.4, -0.2) is 25.1 Å². The molecular weight excluding hydrogens is 434 g/mol. The van der Waals surface area contributed by atoms with E-state index < -0.39 is 6.23 Å². The van der Waals surface area contributed by atoms with Gasteiger partial charge in [-0.3, -0.25) is 9.20 Å². The number of hydrogen-bond acceptors (Lipinski definition) is 7. The fourth-order valence-corrected chi connectivity index (χ4v) is 7.39. The van der Waals surface area contributed by atoms with Crippen molar-refractivity contribution in [1.82, 2.24) is 14.3 Å². The summed E-state index contributed by atoms with van der Waals surface area (Å²) < 4.78 is 3.91. The molecule has 1 atom stereocenters. The maximum Gasteiger partial charge on any atom is 0.282 e. The second-order valence-corrected chi connectivity index (χ2v) is 10.3. The number of nitrogens with zero attached hydrogens (tertiary/aromatic N) is 3. The van der Waals surface area contributed by atoms with Gasteiger partial charge in [-0.2, -0.15) is 0 Å². The molecule has 2 aliphatic rings. The Balaban J connectivity index is 1.70. The molecule has 0 saturated carbocycles. The molecule has 0 fully saturated rings. The number of allylic oxidation sites excluding steroid dienone is 1. The summed E-state index contributed by atoms with van der Waals surface area (Å²) in [6, 6.07) is 4.08. The molecular formula is C22H13N3O2S3. The highest BCUT2D eigenvalue weighted by atomic mass is 32.2. The van der Waals surface area contributed by atoms with E-state index in [2.05, 4.69) is 23.7 Å². The Morgan fingerprint density at radius 3 is 3.07 bits per heavy atom. The summed E-state index contributed by atoms with van der Waals surface area (Å²) in [4.78, 5) is 20.9. The van der Waals surface area contributed by atoms with Crippen molar-refractivity contribution >= 4 is 76.9 Å². The van der Waals surface area contributed by atoms with E-state index >= 15 is 0 Å². The molecule has 0 amide bonds.